The number of nitrogens with one attached hydrogen (secondary N) is 1. The molecule has 0 aliphatic carbocycles. The van der Waals surface area contributed by atoms with Crippen molar-refractivity contribution in [2.75, 3.05) is 6.54 Å². The predicted molar refractivity (Wildman–Crippen MR) is 66.2 cm³/mol. The Kier molecular flexibility index (Phi) is 4.75. The maximum absolute atomic E-state index is 11.9. The smallest absolute Gasteiger partial charge is 0.255 e. The van der Waals surface area contributed by atoms with Gasteiger partial charge in [-0.3, -0.25) is 4.79 Å². The van der Waals surface area contributed by atoms with Crippen LogP contribution in [-0.4, -0.2) is 23.7 Å². The Hall–Kier alpha value is -1.29. The third-order valence-corrected chi connectivity index (χ3v) is 2.91. The summed E-state index contributed by atoms with van der Waals surface area (Å²) in [5.74, 6) is 1.22. The maximum Gasteiger partial charge on any atom is 0.255 e. The van der Waals surface area contributed by atoms with E-state index in [1.54, 1.807) is 6.92 Å². The molecule has 96 valence electrons. The lowest BCUT2D eigenvalue weighted by Gasteiger charge is -2.10. The lowest BCUT2D eigenvalue weighted by Crippen LogP contribution is -2.32. The Morgan fingerprint density at radius 3 is 2.47 bits per heavy atom. The summed E-state index contributed by atoms with van der Waals surface area (Å²) in [5.41, 5.74) is 1.45. The number of hydrogen-bond donors (Lipinski definition) is 2. The average molecular weight is 239 g/mol. The molecule has 0 fully saturated rings. The van der Waals surface area contributed by atoms with Gasteiger partial charge in [-0.25, -0.2) is 0 Å². The molecule has 1 aromatic rings. The lowest BCUT2D eigenvalue weighted by molar-refractivity contribution is 0.0908. The SMILES string of the molecule is CCCC(O)CNC(=O)c1c(C)oc(C)c1C. The number of aliphatic hydroxyl groups excluding tert-OH is 1. The normalized spacial score (nSPS) is 12.5. The molecule has 0 bridgehead atoms. The molecule has 2 N–H and O–H groups in total. The molecular formula is C13H21NO3. The summed E-state index contributed by atoms with van der Waals surface area (Å²) in [5, 5.41) is 12.3. The minimum absolute atomic E-state index is 0.174. The number of rotatable bonds is 5. The molecule has 17 heavy (non-hydrogen) atoms. The zero-order chi connectivity index (χ0) is 13.0. The van der Waals surface area contributed by atoms with Crippen molar-refractivity contribution in [1.82, 2.24) is 5.32 Å². The van der Waals surface area contributed by atoms with Crippen LogP contribution in [-0.2, 0) is 0 Å². The number of aliphatic hydroxyl groups is 1. The van der Waals surface area contributed by atoms with Crippen molar-refractivity contribution in [2.45, 2.75) is 46.6 Å². The first-order chi connectivity index (χ1) is 7.97. The van der Waals surface area contributed by atoms with E-state index in [0.717, 1.165) is 17.7 Å². The first-order valence-corrected chi connectivity index (χ1v) is 6.00. The van der Waals surface area contributed by atoms with E-state index >= 15 is 0 Å². The van der Waals surface area contributed by atoms with Gasteiger partial charge >= 0.3 is 0 Å². The highest BCUT2D eigenvalue weighted by Gasteiger charge is 2.18. The van der Waals surface area contributed by atoms with Gasteiger partial charge in [-0.15, -0.1) is 0 Å². The zero-order valence-corrected chi connectivity index (χ0v) is 11.0. The summed E-state index contributed by atoms with van der Waals surface area (Å²) in [6, 6.07) is 0. The van der Waals surface area contributed by atoms with Gasteiger partial charge < -0.3 is 14.8 Å². The van der Waals surface area contributed by atoms with Gasteiger partial charge in [-0.2, -0.15) is 0 Å². The molecule has 1 atom stereocenters. The molecule has 0 aromatic carbocycles. The van der Waals surface area contributed by atoms with E-state index in [-0.39, 0.29) is 12.5 Å². The summed E-state index contributed by atoms with van der Waals surface area (Å²) in [4.78, 5) is 11.9. The van der Waals surface area contributed by atoms with E-state index in [0.29, 0.717) is 17.7 Å². The van der Waals surface area contributed by atoms with Crippen molar-refractivity contribution in [3.05, 3.63) is 22.6 Å². The lowest BCUT2D eigenvalue weighted by atomic mass is 10.1. The first-order valence-electron chi connectivity index (χ1n) is 6.00. The standard InChI is InChI=1S/C13H21NO3/c1-5-6-11(15)7-14-13(16)12-8(2)9(3)17-10(12)4/h11,15H,5-7H2,1-4H3,(H,14,16). The minimum atomic E-state index is -0.474. The molecule has 4 heteroatoms. The summed E-state index contributed by atoms with van der Waals surface area (Å²) in [6.07, 6.45) is 1.13. The van der Waals surface area contributed by atoms with Crippen LogP contribution in [0.2, 0.25) is 0 Å². The summed E-state index contributed by atoms with van der Waals surface area (Å²) in [7, 11) is 0. The molecule has 0 spiro atoms. The molecule has 1 aromatic heterocycles. The molecule has 0 saturated heterocycles. The molecule has 0 radical (unpaired) electrons. The van der Waals surface area contributed by atoms with Crippen LogP contribution >= 0.6 is 0 Å². The Bertz CT molecular complexity index is 396. The highest BCUT2D eigenvalue weighted by atomic mass is 16.3. The first kappa shape index (κ1) is 13.8. The van der Waals surface area contributed by atoms with Gasteiger partial charge in [-0.05, 0) is 27.2 Å². The molecule has 0 aliphatic heterocycles. The molecular weight excluding hydrogens is 218 g/mol. The number of hydrogen-bond acceptors (Lipinski definition) is 3. The van der Waals surface area contributed by atoms with Crippen molar-refractivity contribution in [3.8, 4) is 0 Å². The van der Waals surface area contributed by atoms with Crippen molar-refractivity contribution in [1.29, 1.82) is 0 Å². The van der Waals surface area contributed by atoms with Crippen LogP contribution in [0, 0.1) is 20.8 Å². The van der Waals surface area contributed by atoms with Crippen LogP contribution in [0.25, 0.3) is 0 Å². The molecule has 1 rings (SSSR count). The number of furan rings is 1. The zero-order valence-electron chi connectivity index (χ0n) is 11.0. The van der Waals surface area contributed by atoms with Gasteiger partial charge in [0.25, 0.3) is 5.91 Å². The van der Waals surface area contributed by atoms with E-state index in [4.69, 9.17) is 4.42 Å². The van der Waals surface area contributed by atoms with E-state index in [1.807, 2.05) is 20.8 Å². The van der Waals surface area contributed by atoms with E-state index in [1.165, 1.54) is 0 Å². The number of carbonyl (C=O) groups excluding carboxylic acids is 1. The maximum atomic E-state index is 11.9. The van der Waals surface area contributed by atoms with Crippen LogP contribution in [0.15, 0.2) is 4.42 Å². The van der Waals surface area contributed by atoms with E-state index < -0.39 is 6.10 Å². The predicted octanol–water partition coefficient (Wildman–Crippen LogP) is 2.10. The van der Waals surface area contributed by atoms with E-state index in [2.05, 4.69) is 5.32 Å². The third-order valence-electron chi connectivity index (χ3n) is 2.91. The average Bonchev–Trinajstić information content (AvgIpc) is 2.50. The van der Waals surface area contributed by atoms with Crippen molar-refractivity contribution >= 4 is 5.91 Å². The van der Waals surface area contributed by atoms with Crippen LogP contribution in [0.5, 0.6) is 0 Å². The Balaban J connectivity index is 2.64. The second-order valence-corrected chi connectivity index (χ2v) is 4.37. The topological polar surface area (TPSA) is 62.5 Å². The molecule has 0 aliphatic rings. The van der Waals surface area contributed by atoms with Gasteiger partial charge in [-0.1, -0.05) is 13.3 Å². The highest BCUT2D eigenvalue weighted by molar-refractivity contribution is 5.96. The quantitative estimate of drug-likeness (QED) is 0.827. The molecule has 1 heterocycles. The summed E-state index contributed by atoms with van der Waals surface area (Å²) < 4.78 is 5.40. The Morgan fingerprint density at radius 2 is 2.00 bits per heavy atom. The fraction of sp³-hybridized carbons (Fsp3) is 0.615. The van der Waals surface area contributed by atoms with Gasteiger partial charge in [0.2, 0.25) is 0 Å². The molecule has 0 saturated carbocycles. The fourth-order valence-corrected chi connectivity index (χ4v) is 1.86. The Labute approximate surface area is 102 Å². The Morgan fingerprint density at radius 1 is 1.35 bits per heavy atom. The number of aryl methyl sites for hydroxylation is 2. The second kappa shape index (κ2) is 5.87. The van der Waals surface area contributed by atoms with Crippen molar-refractivity contribution in [3.63, 3.8) is 0 Å². The van der Waals surface area contributed by atoms with Gasteiger partial charge in [0.1, 0.15) is 11.5 Å². The second-order valence-electron chi connectivity index (χ2n) is 4.37. The number of amides is 1. The summed E-state index contributed by atoms with van der Waals surface area (Å²) >= 11 is 0. The van der Waals surface area contributed by atoms with Crippen molar-refractivity contribution in [2.24, 2.45) is 0 Å². The summed E-state index contributed by atoms with van der Waals surface area (Å²) in [6.45, 7) is 7.76. The van der Waals surface area contributed by atoms with Crippen molar-refractivity contribution < 1.29 is 14.3 Å². The molecule has 1 unspecified atom stereocenters. The van der Waals surface area contributed by atoms with Crippen LogP contribution in [0.4, 0.5) is 0 Å². The van der Waals surface area contributed by atoms with Crippen LogP contribution in [0.1, 0.15) is 47.2 Å². The van der Waals surface area contributed by atoms with Gasteiger partial charge in [0.15, 0.2) is 0 Å². The van der Waals surface area contributed by atoms with Gasteiger partial charge in [0.05, 0.1) is 11.7 Å². The molecule has 1 amide bonds. The third kappa shape index (κ3) is 3.33. The van der Waals surface area contributed by atoms with E-state index in [9.17, 15) is 9.90 Å². The minimum Gasteiger partial charge on any atom is -0.466 e. The van der Waals surface area contributed by atoms with Crippen LogP contribution in [0.3, 0.4) is 0 Å². The van der Waals surface area contributed by atoms with Gasteiger partial charge in [0, 0.05) is 12.1 Å². The highest BCUT2D eigenvalue weighted by Crippen LogP contribution is 2.20. The monoisotopic (exact) mass is 239 g/mol. The van der Waals surface area contributed by atoms with Crippen LogP contribution < -0.4 is 5.32 Å². The fourth-order valence-electron chi connectivity index (χ4n) is 1.86. The number of carbonyl (C=O) groups is 1. The molecule has 4 nitrogen and oxygen atoms in total. The largest absolute Gasteiger partial charge is 0.466 e.